The average Bonchev–Trinajstić information content (AvgIpc) is 2.86. The van der Waals surface area contributed by atoms with Gasteiger partial charge in [0, 0.05) is 0 Å². The molecule has 3 rings (SSSR count). The van der Waals surface area contributed by atoms with E-state index in [4.69, 9.17) is 9.47 Å². The number of methoxy groups -OCH3 is 2. The van der Waals surface area contributed by atoms with Crippen LogP contribution in [0.4, 0.5) is 4.39 Å². The first kappa shape index (κ1) is 19.2. The van der Waals surface area contributed by atoms with Crippen LogP contribution in [0.15, 0.2) is 40.4 Å². The summed E-state index contributed by atoms with van der Waals surface area (Å²) >= 11 is 3.48. The SMILES string of the molecule is COc1cc(C=C2C(C)=C(CC(=O)O)c3cc(F)ccc32)cc(Br)c1OC. The Labute approximate surface area is 165 Å². The van der Waals surface area contributed by atoms with Gasteiger partial charge in [-0.2, -0.15) is 0 Å². The highest BCUT2D eigenvalue weighted by Gasteiger charge is 2.25. The first-order valence-corrected chi connectivity index (χ1v) is 9.00. The van der Waals surface area contributed by atoms with E-state index in [-0.39, 0.29) is 12.2 Å². The van der Waals surface area contributed by atoms with Gasteiger partial charge in [0.05, 0.1) is 25.1 Å². The second-order valence-corrected chi connectivity index (χ2v) is 7.01. The van der Waals surface area contributed by atoms with Crippen LogP contribution >= 0.6 is 15.9 Å². The molecule has 0 aromatic heterocycles. The Morgan fingerprint density at radius 2 is 1.93 bits per heavy atom. The van der Waals surface area contributed by atoms with Gasteiger partial charge in [0.1, 0.15) is 5.82 Å². The number of fused-ring (bicyclic) bond motifs is 1. The van der Waals surface area contributed by atoms with Crippen LogP contribution < -0.4 is 9.47 Å². The third-order valence-electron chi connectivity index (χ3n) is 4.55. The number of allylic oxidation sites excluding steroid dienone is 2. The molecule has 0 saturated heterocycles. The first-order valence-electron chi connectivity index (χ1n) is 8.21. The van der Waals surface area contributed by atoms with Crippen molar-refractivity contribution in [3.05, 3.63) is 62.9 Å². The van der Waals surface area contributed by atoms with Crippen LogP contribution in [0.2, 0.25) is 0 Å². The smallest absolute Gasteiger partial charge is 0.307 e. The minimum atomic E-state index is -0.949. The number of carboxylic acids is 1. The second kappa shape index (κ2) is 7.56. The van der Waals surface area contributed by atoms with Crippen molar-refractivity contribution in [3.63, 3.8) is 0 Å². The Morgan fingerprint density at radius 1 is 1.19 bits per heavy atom. The zero-order chi connectivity index (χ0) is 19.7. The van der Waals surface area contributed by atoms with E-state index in [2.05, 4.69) is 15.9 Å². The summed E-state index contributed by atoms with van der Waals surface area (Å²) in [5, 5.41) is 9.24. The van der Waals surface area contributed by atoms with Crippen molar-refractivity contribution in [2.45, 2.75) is 13.3 Å². The Bertz CT molecular complexity index is 992. The number of carbonyl (C=O) groups is 1. The van der Waals surface area contributed by atoms with Crippen molar-refractivity contribution in [1.29, 1.82) is 0 Å². The molecular formula is C21H18BrFO4. The largest absolute Gasteiger partial charge is 0.493 e. The van der Waals surface area contributed by atoms with E-state index in [0.29, 0.717) is 22.6 Å². The van der Waals surface area contributed by atoms with Gasteiger partial charge in [-0.05, 0) is 86.6 Å². The van der Waals surface area contributed by atoms with Crippen LogP contribution in [0.5, 0.6) is 11.5 Å². The topological polar surface area (TPSA) is 55.8 Å². The Morgan fingerprint density at radius 3 is 2.56 bits per heavy atom. The molecule has 2 aromatic rings. The molecule has 0 bridgehead atoms. The lowest BCUT2D eigenvalue weighted by Gasteiger charge is -2.11. The number of hydrogen-bond acceptors (Lipinski definition) is 3. The molecule has 1 N–H and O–H groups in total. The normalized spacial score (nSPS) is 14.5. The quantitative estimate of drug-likeness (QED) is 0.686. The number of hydrogen-bond donors (Lipinski definition) is 1. The summed E-state index contributed by atoms with van der Waals surface area (Å²) < 4.78 is 25.2. The third-order valence-corrected chi connectivity index (χ3v) is 5.14. The van der Waals surface area contributed by atoms with E-state index in [1.54, 1.807) is 20.3 Å². The van der Waals surface area contributed by atoms with Gasteiger partial charge in [0.25, 0.3) is 0 Å². The predicted octanol–water partition coefficient (Wildman–Crippen LogP) is 5.41. The third kappa shape index (κ3) is 3.62. The molecular weight excluding hydrogens is 415 g/mol. The maximum absolute atomic E-state index is 13.8. The fourth-order valence-electron chi connectivity index (χ4n) is 3.32. The molecule has 0 unspecified atom stereocenters. The van der Waals surface area contributed by atoms with Crippen LogP contribution in [0, 0.1) is 5.82 Å². The van der Waals surface area contributed by atoms with Crippen molar-refractivity contribution in [2.75, 3.05) is 14.2 Å². The molecule has 2 aromatic carbocycles. The van der Waals surface area contributed by atoms with Crippen molar-refractivity contribution in [3.8, 4) is 11.5 Å². The molecule has 0 fully saturated rings. The Hall–Kier alpha value is -2.60. The second-order valence-electron chi connectivity index (χ2n) is 6.16. The highest BCUT2D eigenvalue weighted by Crippen LogP contribution is 2.45. The van der Waals surface area contributed by atoms with E-state index >= 15 is 0 Å². The zero-order valence-electron chi connectivity index (χ0n) is 15.1. The fourth-order valence-corrected chi connectivity index (χ4v) is 3.94. The predicted molar refractivity (Wildman–Crippen MR) is 106 cm³/mol. The molecule has 140 valence electrons. The molecule has 1 aliphatic carbocycles. The molecule has 0 aliphatic heterocycles. The molecule has 1 aliphatic rings. The number of carboxylic acid groups (broad SMARTS) is 1. The minimum absolute atomic E-state index is 0.157. The maximum Gasteiger partial charge on any atom is 0.307 e. The van der Waals surface area contributed by atoms with E-state index in [1.165, 1.54) is 12.1 Å². The van der Waals surface area contributed by atoms with E-state index in [1.807, 2.05) is 25.1 Å². The van der Waals surface area contributed by atoms with Gasteiger partial charge < -0.3 is 14.6 Å². The summed E-state index contributed by atoms with van der Waals surface area (Å²) in [6.07, 6.45) is 1.78. The number of aliphatic carboxylic acids is 1. The van der Waals surface area contributed by atoms with E-state index in [9.17, 15) is 14.3 Å². The van der Waals surface area contributed by atoms with E-state index in [0.717, 1.165) is 26.7 Å². The standard InChI is InChI=1S/C21H18BrFO4/c1-11-15(6-12-7-18(22)21(27-3)19(8-12)26-2)14-5-4-13(23)9-17(14)16(11)10-20(24)25/h4-9H,10H2,1-3H3,(H,24,25). The van der Waals surface area contributed by atoms with Gasteiger partial charge in [0.2, 0.25) is 0 Å². The molecule has 0 spiro atoms. The molecule has 0 amide bonds. The Kier molecular flexibility index (Phi) is 5.37. The first-order chi connectivity index (χ1) is 12.8. The number of ether oxygens (including phenoxy) is 2. The molecule has 0 heterocycles. The minimum Gasteiger partial charge on any atom is -0.493 e. The number of benzene rings is 2. The summed E-state index contributed by atoms with van der Waals surface area (Å²) in [7, 11) is 3.12. The molecule has 6 heteroatoms. The lowest BCUT2D eigenvalue weighted by atomic mass is 10.0. The average molecular weight is 433 g/mol. The van der Waals surface area contributed by atoms with Crippen molar-refractivity contribution in [2.24, 2.45) is 0 Å². The van der Waals surface area contributed by atoms with Gasteiger partial charge in [-0.25, -0.2) is 4.39 Å². The molecule has 0 atom stereocenters. The lowest BCUT2D eigenvalue weighted by Crippen LogP contribution is -1.97. The van der Waals surface area contributed by atoms with Gasteiger partial charge in [0.15, 0.2) is 11.5 Å². The van der Waals surface area contributed by atoms with Crippen molar-refractivity contribution in [1.82, 2.24) is 0 Å². The van der Waals surface area contributed by atoms with Gasteiger partial charge in [-0.1, -0.05) is 6.07 Å². The summed E-state index contributed by atoms with van der Waals surface area (Å²) in [5.41, 5.74) is 4.60. The molecule has 0 radical (unpaired) electrons. The summed E-state index contributed by atoms with van der Waals surface area (Å²) in [5.74, 6) is -0.176. The van der Waals surface area contributed by atoms with Crippen LogP contribution in [0.3, 0.4) is 0 Å². The van der Waals surface area contributed by atoms with Crippen LogP contribution in [-0.4, -0.2) is 25.3 Å². The highest BCUT2D eigenvalue weighted by molar-refractivity contribution is 9.10. The summed E-state index contributed by atoms with van der Waals surface area (Å²) in [6, 6.07) is 8.18. The number of rotatable bonds is 5. The van der Waals surface area contributed by atoms with Crippen LogP contribution in [0.25, 0.3) is 17.2 Å². The van der Waals surface area contributed by atoms with Gasteiger partial charge in [-0.15, -0.1) is 0 Å². The van der Waals surface area contributed by atoms with Crippen LogP contribution in [0.1, 0.15) is 30.0 Å². The lowest BCUT2D eigenvalue weighted by molar-refractivity contribution is -0.135. The summed E-state index contributed by atoms with van der Waals surface area (Å²) in [6.45, 7) is 1.86. The van der Waals surface area contributed by atoms with Crippen molar-refractivity contribution >= 4 is 39.1 Å². The molecule has 0 saturated carbocycles. The maximum atomic E-state index is 13.8. The monoisotopic (exact) mass is 432 g/mol. The van der Waals surface area contributed by atoms with Crippen LogP contribution in [-0.2, 0) is 4.79 Å². The van der Waals surface area contributed by atoms with Gasteiger partial charge in [-0.3, -0.25) is 4.79 Å². The Balaban J connectivity index is 2.18. The van der Waals surface area contributed by atoms with Gasteiger partial charge >= 0.3 is 5.97 Å². The van der Waals surface area contributed by atoms with E-state index < -0.39 is 5.97 Å². The molecule has 27 heavy (non-hydrogen) atoms. The molecule has 4 nitrogen and oxygen atoms in total. The summed E-state index contributed by atoms with van der Waals surface area (Å²) in [4.78, 5) is 11.3. The highest BCUT2D eigenvalue weighted by atomic mass is 79.9. The zero-order valence-corrected chi connectivity index (χ0v) is 16.7. The fraction of sp³-hybridized carbons (Fsp3) is 0.190. The number of halogens is 2. The van der Waals surface area contributed by atoms with Crippen molar-refractivity contribution < 1.29 is 23.8 Å².